The molecule has 2 N–H and O–H groups in total. The van der Waals surface area contributed by atoms with Gasteiger partial charge in [-0.05, 0) is 18.4 Å². The van der Waals surface area contributed by atoms with Crippen molar-refractivity contribution in [3.05, 3.63) is 23.0 Å². The number of ether oxygens (including phenoxy) is 8. The summed E-state index contributed by atoms with van der Waals surface area (Å²) in [5.41, 5.74) is 14.7. The highest BCUT2D eigenvalue weighted by molar-refractivity contribution is 5.84. The van der Waals surface area contributed by atoms with Crippen molar-refractivity contribution in [1.29, 1.82) is 0 Å². The zero-order chi connectivity index (χ0) is 32.8. The van der Waals surface area contributed by atoms with E-state index in [0.29, 0.717) is 131 Å². The number of nitrogen functional groups attached to an aromatic ring is 1. The number of ketones is 1. The number of aryl methyl sites for hydroxylation is 1. The lowest BCUT2D eigenvalue weighted by Gasteiger charge is -2.08. The Morgan fingerprint density at radius 2 is 1.20 bits per heavy atom. The lowest BCUT2D eigenvalue weighted by molar-refractivity contribution is -0.120. The molecule has 0 radical (unpaired) electrons. The number of nitrogens with two attached hydrogens (primary N) is 1. The molecule has 17 heteroatoms. The van der Waals surface area contributed by atoms with E-state index < -0.39 is 0 Å². The van der Waals surface area contributed by atoms with Crippen LogP contribution in [0.4, 0.5) is 5.82 Å². The van der Waals surface area contributed by atoms with Gasteiger partial charge in [0.05, 0.1) is 117 Å². The first-order valence-electron chi connectivity index (χ1n) is 15.8. The summed E-state index contributed by atoms with van der Waals surface area (Å²) in [6.07, 6.45) is 6.77. The third-order valence-electron chi connectivity index (χ3n) is 6.32. The molecule has 0 atom stereocenters. The monoisotopic (exact) mass is 654 g/mol. The number of carbonyl (C=O) groups excluding carboxylic acids is 1. The van der Waals surface area contributed by atoms with Crippen molar-refractivity contribution in [3.63, 3.8) is 0 Å². The molecule has 0 fully saturated rings. The molecule has 0 amide bonds. The number of hydrogen-bond donors (Lipinski definition) is 1. The van der Waals surface area contributed by atoms with Crippen molar-refractivity contribution in [2.75, 3.05) is 118 Å². The molecule has 0 aliphatic heterocycles. The van der Waals surface area contributed by atoms with Gasteiger partial charge in [0.15, 0.2) is 5.65 Å². The topological polar surface area (TPSA) is 209 Å². The first-order valence-corrected chi connectivity index (χ1v) is 15.8. The third kappa shape index (κ3) is 20.2. The van der Waals surface area contributed by atoms with E-state index in [-0.39, 0.29) is 5.78 Å². The first kappa shape index (κ1) is 39.2. The molecule has 0 aliphatic carbocycles. The first-order chi connectivity index (χ1) is 22.7. The SMILES string of the molecule is [N-]=[N+]=NCCOCCOCCOCCOCCOCCOCCOCCOCCC(=O)CCCCCn1ncc2c(N)ncnc21. The van der Waals surface area contributed by atoms with Crippen molar-refractivity contribution in [3.8, 4) is 0 Å². The van der Waals surface area contributed by atoms with Gasteiger partial charge in [0, 0.05) is 30.8 Å². The van der Waals surface area contributed by atoms with E-state index in [4.69, 9.17) is 49.2 Å². The second-order valence-corrected chi connectivity index (χ2v) is 9.82. The van der Waals surface area contributed by atoms with Gasteiger partial charge in [0.2, 0.25) is 0 Å². The summed E-state index contributed by atoms with van der Waals surface area (Å²) >= 11 is 0. The molecule has 260 valence electrons. The number of unbranched alkanes of at least 4 members (excludes halogenated alkanes) is 2. The second-order valence-electron chi connectivity index (χ2n) is 9.82. The molecule has 0 unspecified atom stereocenters. The number of carbonyl (C=O) groups is 1. The summed E-state index contributed by atoms with van der Waals surface area (Å²) in [6.45, 7) is 8.47. The normalized spacial score (nSPS) is 11.3. The van der Waals surface area contributed by atoms with E-state index in [2.05, 4.69) is 25.1 Å². The van der Waals surface area contributed by atoms with Crippen molar-refractivity contribution < 1.29 is 42.7 Å². The molecular weight excluding hydrogens is 604 g/mol. The molecule has 17 nitrogen and oxygen atoms in total. The minimum Gasteiger partial charge on any atom is -0.383 e. The Morgan fingerprint density at radius 3 is 1.72 bits per heavy atom. The van der Waals surface area contributed by atoms with E-state index in [9.17, 15) is 4.79 Å². The molecule has 0 bridgehead atoms. The number of hydrogen-bond acceptors (Lipinski definition) is 14. The number of fused-ring (bicyclic) bond motifs is 1. The van der Waals surface area contributed by atoms with Gasteiger partial charge in [0.1, 0.15) is 17.9 Å². The van der Waals surface area contributed by atoms with Gasteiger partial charge in [-0.2, -0.15) is 5.10 Å². The minimum absolute atomic E-state index is 0.208. The maximum absolute atomic E-state index is 12.1. The van der Waals surface area contributed by atoms with E-state index in [1.54, 1.807) is 6.20 Å². The van der Waals surface area contributed by atoms with Crippen molar-refractivity contribution in [2.45, 2.75) is 38.6 Å². The van der Waals surface area contributed by atoms with Crippen molar-refractivity contribution >= 4 is 22.6 Å². The number of anilines is 1. The van der Waals surface area contributed by atoms with Crippen LogP contribution in [-0.4, -0.2) is 138 Å². The lowest BCUT2D eigenvalue weighted by Crippen LogP contribution is -2.15. The predicted molar refractivity (Wildman–Crippen MR) is 168 cm³/mol. The van der Waals surface area contributed by atoms with Gasteiger partial charge in [0.25, 0.3) is 0 Å². The van der Waals surface area contributed by atoms with Crippen LogP contribution in [-0.2, 0) is 49.2 Å². The molecule has 2 aromatic heterocycles. The fourth-order valence-corrected chi connectivity index (χ4v) is 3.94. The highest BCUT2D eigenvalue weighted by Crippen LogP contribution is 2.16. The molecule has 2 rings (SSSR count). The van der Waals surface area contributed by atoms with E-state index in [1.165, 1.54) is 6.33 Å². The minimum atomic E-state index is 0.208. The number of rotatable bonds is 33. The Balaban J connectivity index is 1.21. The summed E-state index contributed by atoms with van der Waals surface area (Å²) in [4.78, 5) is 22.9. The van der Waals surface area contributed by atoms with Gasteiger partial charge < -0.3 is 43.6 Å². The van der Waals surface area contributed by atoms with E-state index in [0.717, 1.165) is 36.8 Å². The van der Waals surface area contributed by atoms with Gasteiger partial charge in [-0.3, -0.25) is 4.79 Å². The summed E-state index contributed by atoms with van der Waals surface area (Å²) in [6, 6.07) is 0. The zero-order valence-electron chi connectivity index (χ0n) is 26.8. The lowest BCUT2D eigenvalue weighted by atomic mass is 10.1. The molecule has 46 heavy (non-hydrogen) atoms. The van der Waals surface area contributed by atoms with Crippen molar-refractivity contribution in [1.82, 2.24) is 19.7 Å². The Morgan fingerprint density at radius 1 is 0.696 bits per heavy atom. The maximum atomic E-state index is 12.1. The average Bonchev–Trinajstić information content (AvgIpc) is 3.48. The number of azide groups is 1. The Bertz CT molecular complexity index is 1090. The van der Waals surface area contributed by atoms with Crippen molar-refractivity contribution in [2.24, 2.45) is 5.11 Å². The van der Waals surface area contributed by atoms with Crippen LogP contribution >= 0.6 is 0 Å². The fourth-order valence-electron chi connectivity index (χ4n) is 3.94. The molecule has 0 aliphatic rings. The second kappa shape index (κ2) is 28.3. The highest BCUT2D eigenvalue weighted by atomic mass is 16.6. The molecule has 2 aromatic rings. The summed E-state index contributed by atoms with van der Waals surface area (Å²) in [7, 11) is 0. The molecule has 0 saturated carbocycles. The third-order valence-corrected chi connectivity index (χ3v) is 6.32. The maximum Gasteiger partial charge on any atom is 0.163 e. The van der Waals surface area contributed by atoms with E-state index in [1.807, 2.05) is 4.68 Å². The van der Waals surface area contributed by atoms with Crippen LogP contribution in [0.25, 0.3) is 21.5 Å². The summed E-state index contributed by atoms with van der Waals surface area (Å²) in [5.74, 6) is 0.640. The predicted octanol–water partition coefficient (Wildman–Crippen LogP) is 2.37. The molecule has 0 saturated heterocycles. The van der Waals surface area contributed by atoms with Crippen LogP contribution in [0.2, 0.25) is 0 Å². The Kier molecular flexibility index (Phi) is 24.1. The molecule has 2 heterocycles. The Labute approximate surface area is 269 Å². The van der Waals surface area contributed by atoms with Gasteiger partial charge in [-0.15, -0.1) is 0 Å². The average molecular weight is 655 g/mol. The van der Waals surface area contributed by atoms with Crippen LogP contribution in [0.15, 0.2) is 17.6 Å². The molecule has 0 aromatic carbocycles. The number of aromatic nitrogens is 4. The standard InChI is InChI=1S/C29H50N8O9/c30-28-27-24-35-37(29(27)33-25-32-28)7-3-1-2-4-26(38)5-8-39-10-12-41-14-16-43-18-20-45-22-23-46-21-19-44-17-15-42-13-11-40-9-6-34-36-31/h24-25H,1-23H2,(H2,30,32,33). The molecular formula is C29H50N8O9. The molecule has 0 spiro atoms. The van der Waals surface area contributed by atoms with Crippen LogP contribution in [0.5, 0.6) is 0 Å². The fraction of sp³-hybridized carbons (Fsp3) is 0.793. The van der Waals surface area contributed by atoms with Gasteiger partial charge in [-0.1, -0.05) is 11.5 Å². The smallest absolute Gasteiger partial charge is 0.163 e. The van der Waals surface area contributed by atoms with Crippen LogP contribution in [0, 0.1) is 0 Å². The van der Waals surface area contributed by atoms with Gasteiger partial charge >= 0.3 is 0 Å². The largest absolute Gasteiger partial charge is 0.383 e. The number of Topliss-reactive ketones (excluding diaryl/α,β-unsaturated/α-hetero) is 1. The quantitative estimate of drug-likeness (QED) is 0.0508. The summed E-state index contributed by atoms with van der Waals surface area (Å²) < 4.78 is 45.2. The van der Waals surface area contributed by atoms with Crippen LogP contribution in [0.3, 0.4) is 0 Å². The van der Waals surface area contributed by atoms with Crippen LogP contribution in [0.1, 0.15) is 32.1 Å². The van der Waals surface area contributed by atoms with E-state index >= 15 is 0 Å². The highest BCUT2D eigenvalue weighted by Gasteiger charge is 2.07. The Hall–Kier alpha value is -2.99. The zero-order valence-corrected chi connectivity index (χ0v) is 26.8. The van der Waals surface area contributed by atoms with Gasteiger partial charge in [-0.25, -0.2) is 14.6 Å². The summed E-state index contributed by atoms with van der Waals surface area (Å²) in [5, 5.41) is 8.46. The van der Waals surface area contributed by atoms with Crippen LogP contribution < -0.4 is 5.73 Å². The number of nitrogens with zero attached hydrogens (tertiary/aromatic N) is 7.